The molecular formula is C13H13ClN4O2. The highest BCUT2D eigenvalue weighted by Crippen LogP contribution is 2.32. The van der Waals surface area contributed by atoms with Crippen LogP contribution in [0.3, 0.4) is 0 Å². The van der Waals surface area contributed by atoms with Crippen molar-refractivity contribution in [3.63, 3.8) is 0 Å². The fourth-order valence-electron chi connectivity index (χ4n) is 1.74. The standard InChI is InChI=1S/C13H13ClN4O2/c1-8-4-3-5-9(14)12(8)17-13-10(18(19)20)6-7-11(15-2)16-13/h3-7H,1-2H3,(H2,15,16,17). The van der Waals surface area contributed by atoms with E-state index in [0.717, 1.165) is 5.56 Å². The van der Waals surface area contributed by atoms with Gasteiger partial charge < -0.3 is 10.6 Å². The zero-order valence-electron chi connectivity index (χ0n) is 11.0. The lowest BCUT2D eigenvalue weighted by molar-refractivity contribution is -0.384. The molecule has 6 nitrogen and oxygen atoms in total. The molecule has 0 aliphatic rings. The van der Waals surface area contributed by atoms with Gasteiger partial charge in [0.05, 0.1) is 15.6 Å². The summed E-state index contributed by atoms with van der Waals surface area (Å²) in [6.45, 7) is 1.86. The van der Waals surface area contributed by atoms with Gasteiger partial charge in [-0.1, -0.05) is 23.7 Å². The van der Waals surface area contributed by atoms with Crippen LogP contribution < -0.4 is 10.6 Å². The van der Waals surface area contributed by atoms with Crippen LogP contribution in [-0.2, 0) is 0 Å². The molecule has 0 fully saturated rings. The van der Waals surface area contributed by atoms with Crippen molar-refractivity contribution in [2.45, 2.75) is 6.92 Å². The number of hydrogen-bond donors (Lipinski definition) is 2. The number of aryl methyl sites for hydroxylation is 1. The summed E-state index contributed by atoms with van der Waals surface area (Å²) in [6.07, 6.45) is 0. The number of anilines is 3. The number of rotatable bonds is 4. The third kappa shape index (κ3) is 2.80. The summed E-state index contributed by atoms with van der Waals surface area (Å²) in [5.41, 5.74) is 1.38. The molecule has 20 heavy (non-hydrogen) atoms. The first kappa shape index (κ1) is 14.1. The molecule has 1 heterocycles. The molecule has 0 saturated carbocycles. The Hall–Kier alpha value is -2.34. The Morgan fingerprint density at radius 2 is 2.05 bits per heavy atom. The van der Waals surface area contributed by atoms with Gasteiger partial charge in [-0.3, -0.25) is 10.1 Å². The molecule has 0 radical (unpaired) electrons. The summed E-state index contributed by atoms with van der Waals surface area (Å²) in [4.78, 5) is 14.7. The largest absolute Gasteiger partial charge is 0.373 e. The van der Waals surface area contributed by atoms with E-state index in [0.29, 0.717) is 16.5 Å². The quantitative estimate of drug-likeness (QED) is 0.663. The summed E-state index contributed by atoms with van der Waals surface area (Å²) < 4.78 is 0. The predicted octanol–water partition coefficient (Wildman–Crippen LogP) is 3.74. The number of hydrogen-bond acceptors (Lipinski definition) is 5. The van der Waals surface area contributed by atoms with Gasteiger partial charge in [-0.25, -0.2) is 4.98 Å². The van der Waals surface area contributed by atoms with E-state index in [2.05, 4.69) is 15.6 Å². The van der Waals surface area contributed by atoms with Crippen LogP contribution in [0.25, 0.3) is 0 Å². The summed E-state index contributed by atoms with van der Waals surface area (Å²) in [5, 5.41) is 17.3. The maximum atomic E-state index is 11.1. The van der Waals surface area contributed by atoms with Crippen molar-refractivity contribution < 1.29 is 4.92 Å². The van der Waals surface area contributed by atoms with Crippen LogP contribution in [0, 0.1) is 17.0 Å². The summed E-state index contributed by atoms with van der Waals surface area (Å²) in [6, 6.07) is 8.33. The Labute approximate surface area is 120 Å². The Kier molecular flexibility index (Phi) is 4.05. The first-order valence-electron chi connectivity index (χ1n) is 5.88. The summed E-state index contributed by atoms with van der Waals surface area (Å²) in [7, 11) is 1.69. The van der Waals surface area contributed by atoms with Crippen LogP contribution in [0.1, 0.15) is 5.56 Å². The predicted molar refractivity (Wildman–Crippen MR) is 79.9 cm³/mol. The van der Waals surface area contributed by atoms with Crippen LogP contribution in [0.15, 0.2) is 30.3 Å². The number of nitro groups is 1. The van der Waals surface area contributed by atoms with Gasteiger partial charge in [-0.05, 0) is 24.6 Å². The molecule has 0 spiro atoms. The van der Waals surface area contributed by atoms with Gasteiger partial charge in [-0.15, -0.1) is 0 Å². The number of para-hydroxylation sites is 1. The van der Waals surface area contributed by atoms with Gasteiger partial charge in [-0.2, -0.15) is 0 Å². The Morgan fingerprint density at radius 1 is 1.30 bits per heavy atom. The zero-order chi connectivity index (χ0) is 14.7. The monoisotopic (exact) mass is 292 g/mol. The highest BCUT2D eigenvalue weighted by atomic mass is 35.5. The second-order valence-electron chi connectivity index (χ2n) is 4.13. The van der Waals surface area contributed by atoms with E-state index < -0.39 is 4.92 Å². The molecule has 0 saturated heterocycles. The minimum Gasteiger partial charge on any atom is -0.373 e. The molecule has 1 aromatic heterocycles. The molecule has 7 heteroatoms. The van der Waals surface area contributed by atoms with Crippen LogP contribution in [-0.4, -0.2) is 17.0 Å². The molecule has 1 aromatic carbocycles. The fraction of sp³-hybridized carbons (Fsp3) is 0.154. The van der Waals surface area contributed by atoms with E-state index in [4.69, 9.17) is 11.6 Å². The molecule has 2 aromatic rings. The average Bonchev–Trinajstić information content (AvgIpc) is 2.42. The maximum Gasteiger partial charge on any atom is 0.311 e. The van der Waals surface area contributed by atoms with Crippen molar-refractivity contribution in [3.8, 4) is 0 Å². The van der Waals surface area contributed by atoms with Crippen LogP contribution in [0.2, 0.25) is 5.02 Å². The van der Waals surface area contributed by atoms with E-state index >= 15 is 0 Å². The molecule has 0 bridgehead atoms. The molecule has 0 amide bonds. The van der Waals surface area contributed by atoms with Crippen molar-refractivity contribution in [2.24, 2.45) is 0 Å². The topological polar surface area (TPSA) is 80.1 Å². The lowest BCUT2D eigenvalue weighted by atomic mass is 10.2. The lowest BCUT2D eigenvalue weighted by Gasteiger charge is -2.11. The molecule has 0 aliphatic heterocycles. The molecule has 0 aliphatic carbocycles. The molecule has 104 valence electrons. The SMILES string of the molecule is CNc1ccc([N+](=O)[O-])c(Nc2c(C)cccc2Cl)n1. The van der Waals surface area contributed by atoms with Crippen molar-refractivity contribution in [3.05, 3.63) is 51.0 Å². The van der Waals surface area contributed by atoms with Gasteiger partial charge in [0.25, 0.3) is 0 Å². The Balaban J connectivity index is 2.49. The van der Waals surface area contributed by atoms with E-state index in [1.807, 2.05) is 19.1 Å². The minimum absolute atomic E-state index is 0.108. The highest BCUT2D eigenvalue weighted by molar-refractivity contribution is 6.33. The number of nitrogens with zero attached hydrogens (tertiary/aromatic N) is 2. The molecule has 2 N–H and O–H groups in total. The minimum atomic E-state index is -0.485. The Morgan fingerprint density at radius 3 is 2.65 bits per heavy atom. The van der Waals surface area contributed by atoms with E-state index in [9.17, 15) is 10.1 Å². The molecule has 0 unspecified atom stereocenters. The number of halogens is 1. The van der Waals surface area contributed by atoms with Crippen molar-refractivity contribution in [1.29, 1.82) is 0 Å². The number of benzene rings is 1. The van der Waals surface area contributed by atoms with Gasteiger partial charge in [0.1, 0.15) is 5.82 Å². The molecular weight excluding hydrogens is 280 g/mol. The van der Waals surface area contributed by atoms with E-state index in [-0.39, 0.29) is 11.5 Å². The average molecular weight is 293 g/mol. The molecule has 2 rings (SSSR count). The number of pyridine rings is 1. The Bertz CT molecular complexity index is 641. The first-order chi connectivity index (χ1) is 9.52. The lowest BCUT2D eigenvalue weighted by Crippen LogP contribution is -2.03. The van der Waals surface area contributed by atoms with Gasteiger partial charge in [0.2, 0.25) is 5.82 Å². The third-order valence-corrected chi connectivity index (χ3v) is 3.11. The third-order valence-electron chi connectivity index (χ3n) is 2.79. The highest BCUT2D eigenvalue weighted by Gasteiger charge is 2.17. The second kappa shape index (κ2) is 5.75. The van der Waals surface area contributed by atoms with E-state index in [1.165, 1.54) is 6.07 Å². The van der Waals surface area contributed by atoms with Gasteiger partial charge >= 0.3 is 5.69 Å². The van der Waals surface area contributed by atoms with Crippen LogP contribution in [0.4, 0.5) is 23.0 Å². The van der Waals surface area contributed by atoms with Gasteiger partial charge in [0, 0.05) is 13.1 Å². The number of nitrogens with one attached hydrogen (secondary N) is 2. The van der Waals surface area contributed by atoms with Gasteiger partial charge in [0.15, 0.2) is 0 Å². The summed E-state index contributed by atoms with van der Waals surface area (Å²) in [5.74, 6) is 0.681. The van der Waals surface area contributed by atoms with Crippen molar-refractivity contribution in [1.82, 2.24) is 4.98 Å². The normalized spacial score (nSPS) is 10.2. The van der Waals surface area contributed by atoms with Crippen LogP contribution in [0.5, 0.6) is 0 Å². The smallest absolute Gasteiger partial charge is 0.311 e. The first-order valence-corrected chi connectivity index (χ1v) is 6.26. The van der Waals surface area contributed by atoms with Crippen molar-refractivity contribution >= 4 is 34.6 Å². The number of aromatic nitrogens is 1. The van der Waals surface area contributed by atoms with E-state index in [1.54, 1.807) is 19.2 Å². The second-order valence-corrected chi connectivity index (χ2v) is 4.54. The fourth-order valence-corrected chi connectivity index (χ4v) is 2.01. The zero-order valence-corrected chi connectivity index (χ0v) is 11.7. The maximum absolute atomic E-state index is 11.1. The van der Waals surface area contributed by atoms with Crippen LogP contribution >= 0.6 is 11.6 Å². The summed E-state index contributed by atoms with van der Waals surface area (Å²) >= 11 is 6.11. The molecule has 0 atom stereocenters. The van der Waals surface area contributed by atoms with Crippen molar-refractivity contribution in [2.75, 3.05) is 17.7 Å².